The minimum atomic E-state index is -3.15. The first-order valence-electron chi connectivity index (χ1n) is 10.3. The molecule has 2 aromatic carbocycles. The highest BCUT2D eigenvalue weighted by molar-refractivity contribution is 7.74. The molecule has 0 aromatic heterocycles. The van der Waals surface area contributed by atoms with Gasteiger partial charge in [0.05, 0.1) is 23.7 Å². The number of hydrogen-bond donors (Lipinski definition) is 3. The van der Waals surface area contributed by atoms with E-state index < -0.39 is 16.9 Å². The highest BCUT2D eigenvalue weighted by Gasteiger charge is 2.45. The van der Waals surface area contributed by atoms with Gasteiger partial charge in [-0.15, -0.1) is 0 Å². The van der Waals surface area contributed by atoms with Crippen LogP contribution in [0.3, 0.4) is 0 Å². The number of carbonyl (C=O) groups is 1. The lowest BCUT2D eigenvalue weighted by Gasteiger charge is -2.26. The minimum absolute atomic E-state index is 0.0870. The van der Waals surface area contributed by atoms with Gasteiger partial charge in [-0.05, 0) is 63.2 Å². The van der Waals surface area contributed by atoms with Crippen molar-refractivity contribution in [2.24, 2.45) is 5.92 Å². The van der Waals surface area contributed by atoms with Crippen LogP contribution >= 0.6 is 0 Å². The summed E-state index contributed by atoms with van der Waals surface area (Å²) in [5.41, 5.74) is 1.84. The zero-order valence-electron chi connectivity index (χ0n) is 17.6. The molecule has 2 aromatic rings. The van der Waals surface area contributed by atoms with E-state index in [0.717, 1.165) is 29.3 Å². The number of para-hydroxylation sites is 2. The van der Waals surface area contributed by atoms with E-state index in [-0.39, 0.29) is 11.3 Å². The quantitative estimate of drug-likeness (QED) is 0.403. The Bertz CT molecular complexity index is 1060. The first kappa shape index (κ1) is 21.5. The van der Waals surface area contributed by atoms with Crippen LogP contribution in [0.25, 0.3) is 0 Å². The number of carboxylic acid groups (broad SMARTS) is 1. The summed E-state index contributed by atoms with van der Waals surface area (Å²) in [6, 6.07) is 10.4. The van der Waals surface area contributed by atoms with Crippen molar-refractivity contribution >= 4 is 33.9 Å². The van der Waals surface area contributed by atoms with Crippen LogP contribution in [0.2, 0.25) is 0 Å². The molecule has 0 amide bonds. The topological polar surface area (TPSA) is 99.2 Å². The largest absolute Gasteiger partial charge is 0.492 e. The maximum absolute atomic E-state index is 12.4. The first-order chi connectivity index (χ1) is 14.9. The number of aromatic carboxylic acids is 1. The van der Waals surface area contributed by atoms with Gasteiger partial charge in [-0.2, -0.15) is 0 Å². The third-order valence-corrected chi connectivity index (χ3v) is 6.52. The van der Waals surface area contributed by atoms with Crippen molar-refractivity contribution in [2.75, 3.05) is 43.4 Å². The van der Waals surface area contributed by atoms with Crippen molar-refractivity contribution in [3.63, 3.8) is 0 Å². The monoisotopic (exact) mass is 445 g/mol. The molecule has 2 unspecified atom stereocenters. The summed E-state index contributed by atoms with van der Waals surface area (Å²) in [4.78, 5) is 14.3. The predicted octanol–water partition coefficient (Wildman–Crippen LogP) is 2.91. The fraction of sp³-hybridized carbons (Fsp3) is 0.409. The van der Waals surface area contributed by atoms with Crippen LogP contribution in [0, 0.1) is 5.92 Å². The average Bonchev–Trinajstić information content (AvgIpc) is 3.51. The summed E-state index contributed by atoms with van der Waals surface area (Å²) in [5, 5.41) is 13.3. The van der Waals surface area contributed by atoms with Crippen LogP contribution < -0.4 is 14.4 Å². The number of nitrogens with zero attached hydrogens (tertiary/aromatic N) is 2. The number of anilines is 3. The molecule has 1 fully saturated rings. The number of carboxylic acids is 1. The molecule has 31 heavy (non-hydrogen) atoms. The van der Waals surface area contributed by atoms with Gasteiger partial charge in [-0.1, -0.05) is 18.2 Å². The van der Waals surface area contributed by atoms with Crippen LogP contribution in [0.1, 0.15) is 34.7 Å². The van der Waals surface area contributed by atoms with Gasteiger partial charge >= 0.3 is 5.97 Å². The predicted molar refractivity (Wildman–Crippen MR) is 120 cm³/mol. The number of hydrogen-bond acceptors (Lipinski definition) is 6. The molecule has 1 saturated carbocycles. The molecular weight excluding hydrogens is 418 g/mol. The maximum Gasteiger partial charge on any atom is 0.341 e. The second kappa shape index (κ2) is 8.76. The van der Waals surface area contributed by atoms with Crippen molar-refractivity contribution in [3.05, 3.63) is 47.5 Å². The normalized spacial score (nSPS) is 18.8. The summed E-state index contributed by atoms with van der Waals surface area (Å²) in [7, 11) is 0.836. The van der Waals surface area contributed by atoms with Gasteiger partial charge in [0.2, 0.25) is 10.9 Å². The summed E-state index contributed by atoms with van der Waals surface area (Å²) in [6.45, 7) is 2.01. The Morgan fingerprint density at radius 1 is 1.19 bits per heavy atom. The van der Waals surface area contributed by atoms with E-state index in [0.29, 0.717) is 42.1 Å². The second-order valence-electron chi connectivity index (χ2n) is 8.25. The molecule has 1 aliphatic heterocycles. The van der Waals surface area contributed by atoms with E-state index in [9.17, 15) is 18.3 Å². The SMILES string of the molecule is CN(C)CCCNc1ccccc1N(c1ccc2c(c1C(=O)O)OCC1CC21)[SH](=O)=O. The third kappa shape index (κ3) is 4.33. The number of rotatable bonds is 9. The molecule has 4 rings (SSSR count). The molecule has 0 radical (unpaired) electrons. The Hall–Kier alpha value is -2.78. The molecule has 2 aliphatic rings. The molecule has 2 atom stereocenters. The third-order valence-electron chi connectivity index (χ3n) is 5.77. The lowest BCUT2D eigenvalue weighted by molar-refractivity contribution is 0.0692. The first-order valence-corrected chi connectivity index (χ1v) is 11.5. The zero-order chi connectivity index (χ0) is 22.1. The van der Waals surface area contributed by atoms with Gasteiger partial charge in [0, 0.05) is 12.5 Å². The summed E-state index contributed by atoms with van der Waals surface area (Å²) < 4.78 is 31.6. The average molecular weight is 446 g/mol. The molecule has 0 saturated heterocycles. The van der Waals surface area contributed by atoms with Crippen molar-refractivity contribution in [2.45, 2.75) is 18.8 Å². The fourth-order valence-corrected chi connectivity index (χ4v) is 4.85. The van der Waals surface area contributed by atoms with Crippen LogP contribution in [0.4, 0.5) is 17.1 Å². The lowest BCUT2D eigenvalue weighted by Crippen LogP contribution is -2.22. The van der Waals surface area contributed by atoms with E-state index in [4.69, 9.17) is 4.74 Å². The standard InChI is InChI=1S/C22H27N3O5S/c1-24(2)11-5-10-23-17-6-3-4-7-18(17)25(31(28)29)19-9-8-15-16-12-14(16)13-30-21(15)20(19)22(26)27/h3-4,6-9,14,16,23,31H,5,10-13H2,1-2H3,(H,26,27). The maximum atomic E-state index is 12.4. The molecule has 2 N–H and O–H groups in total. The molecule has 1 heterocycles. The highest BCUT2D eigenvalue weighted by Crippen LogP contribution is 2.56. The zero-order valence-corrected chi connectivity index (χ0v) is 18.5. The summed E-state index contributed by atoms with van der Waals surface area (Å²) >= 11 is 0. The Morgan fingerprint density at radius 3 is 2.68 bits per heavy atom. The lowest BCUT2D eigenvalue weighted by atomic mass is 10.00. The molecule has 0 spiro atoms. The van der Waals surface area contributed by atoms with Crippen LogP contribution in [0.15, 0.2) is 36.4 Å². The summed E-state index contributed by atoms with van der Waals surface area (Å²) in [6.07, 6.45) is 1.85. The van der Waals surface area contributed by atoms with Gasteiger partial charge in [-0.25, -0.2) is 17.5 Å². The van der Waals surface area contributed by atoms with Crippen molar-refractivity contribution in [1.29, 1.82) is 0 Å². The smallest absolute Gasteiger partial charge is 0.341 e. The molecule has 166 valence electrons. The van der Waals surface area contributed by atoms with E-state index in [1.54, 1.807) is 30.3 Å². The Kier molecular flexibility index (Phi) is 6.06. The van der Waals surface area contributed by atoms with E-state index in [2.05, 4.69) is 10.2 Å². The molecule has 8 nitrogen and oxygen atoms in total. The summed E-state index contributed by atoms with van der Waals surface area (Å²) in [5.74, 6) is -0.179. The fourth-order valence-electron chi connectivity index (χ4n) is 4.15. The van der Waals surface area contributed by atoms with Gasteiger partial charge in [0.1, 0.15) is 11.3 Å². The Labute approximate surface area is 183 Å². The Balaban J connectivity index is 1.74. The molecular formula is C22H27N3O5S. The molecule has 0 bridgehead atoms. The minimum Gasteiger partial charge on any atom is -0.492 e. The second-order valence-corrected chi connectivity index (χ2v) is 9.12. The number of thiol groups is 1. The number of nitrogens with one attached hydrogen (secondary N) is 1. The van der Waals surface area contributed by atoms with Gasteiger partial charge in [0.25, 0.3) is 0 Å². The highest BCUT2D eigenvalue weighted by atomic mass is 32.2. The number of fused-ring (bicyclic) bond motifs is 3. The van der Waals surface area contributed by atoms with Gasteiger partial charge < -0.3 is 20.1 Å². The van der Waals surface area contributed by atoms with Gasteiger partial charge in [-0.3, -0.25) is 0 Å². The number of ether oxygens (including phenoxy) is 1. The van der Waals surface area contributed by atoms with Crippen molar-refractivity contribution < 1.29 is 23.1 Å². The molecule has 9 heteroatoms. The van der Waals surface area contributed by atoms with Crippen molar-refractivity contribution in [1.82, 2.24) is 4.90 Å². The van der Waals surface area contributed by atoms with Crippen LogP contribution in [0.5, 0.6) is 5.75 Å². The van der Waals surface area contributed by atoms with Crippen molar-refractivity contribution in [3.8, 4) is 5.75 Å². The number of benzene rings is 2. The van der Waals surface area contributed by atoms with E-state index in [1.165, 1.54) is 0 Å². The van der Waals surface area contributed by atoms with Crippen LogP contribution in [-0.4, -0.2) is 58.2 Å². The molecule has 1 aliphatic carbocycles. The van der Waals surface area contributed by atoms with Crippen LogP contribution in [-0.2, 0) is 10.9 Å². The van der Waals surface area contributed by atoms with E-state index >= 15 is 0 Å². The van der Waals surface area contributed by atoms with Gasteiger partial charge in [0.15, 0.2) is 0 Å². The van der Waals surface area contributed by atoms with E-state index in [1.807, 2.05) is 20.2 Å². The Morgan fingerprint density at radius 2 is 1.97 bits per heavy atom.